The molecule has 0 saturated carbocycles. The van der Waals surface area contributed by atoms with Crippen molar-refractivity contribution in [1.29, 1.82) is 0 Å². The fourth-order valence-electron chi connectivity index (χ4n) is 3.54. The van der Waals surface area contributed by atoms with Crippen LogP contribution >= 0.6 is 0 Å². The molecule has 3 aromatic rings. The van der Waals surface area contributed by atoms with E-state index in [1.165, 1.54) is 0 Å². The van der Waals surface area contributed by atoms with Gasteiger partial charge < -0.3 is 9.84 Å². The van der Waals surface area contributed by atoms with Crippen LogP contribution in [0.5, 0.6) is 0 Å². The maximum atomic E-state index is 10.2. The van der Waals surface area contributed by atoms with E-state index in [2.05, 4.69) is 24.3 Å². The van der Waals surface area contributed by atoms with Crippen molar-refractivity contribution in [3.05, 3.63) is 108 Å². The number of hydrogen-bond donors (Lipinski definition) is 1. The summed E-state index contributed by atoms with van der Waals surface area (Å²) in [5.41, 5.74) is 1.73. The number of rotatable bonds is 4. The molecular weight excluding hydrogens is 284 g/mol. The standard InChI is InChI=1S/C21H18O2/c22-16-20(17-10-4-1-5-11-17)21(23-20,18-12-6-2-7-13-18)19-14-8-3-9-15-19/h1-15,22H,16H2. The van der Waals surface area contributed by atoms with Gasteiger partial charge in [-0.15, -0.1) is 0 Å². The first-order chi connectivity index (χ1) is 11.3. The van der Waals surface area contributed by atoms with Crippen molar-refractivity contribution in [3.8, 4) is 0 Å². The highest BCUT2D eigenvalue weighted by Gasteiger charge is 2.72. The zero-order chi connectivity index (χ0) is 15.8. The Balaban J connectivity index is 1.93. The molecule has 2 nitrogen and oxygen atoms in total. The predicted molar refractivity (Wildman–Crippen MR) is 90.0 cm³/mol. The minimum absolute atomic E-state index is 0.0686. The fraction of sp³-hybridized carbons (Fsp3) is 0.143. The summed E-state index contributed by atoms with van der Waals surface area (Å²) in [5, 5.41) is 10.2. The lowest BCUT2D eigenvalue weighted by atomic mass is 9.77. The first-order valence-corrected chi connectivity index (χ1v) is 7.81. The molecule has 2 heteroatoms. The number of hydrogen-bond acceptors (Lipinski definition) is 2. The highest BCUT2D eigenvalue weighted by atomic mass is 16.6. The second-order valence-electron chi connectivity index (χ2n) is 5.87. The topological polar surface area (TPSA) is 32.8 Å². The van der Waals surface area contributed by atoms with Gasteiger partial charge in [0.2, 0.25) is 0 Å². The summed E-state index contributed by atoms with van der Waals surface area (Å²) in [6.45, 7) is -0.0686. The molecule has 1 heterocycles. The summed E-state index contributed by atoms with van der Waals surface area (Å²) in [6, 6.07) is 30.2. The van der Waals surface area contributed by atoms with Crippen LogP contribution in [-0.2, 0) is 15.9 Å². The molecular formula is C21H18O2. The van der Waals surface area contributed by atoms with Crippen molar-refractivity contribution in [2.24, 2.45) is 0 Å². The van der Waals surface area contributed by atoms with Gasteiger partial charge in [-0.1, -0.05) is 91.0 Å². The Hall–Kier alpha value is -2.42. The molecule has 0 aliphatic carbocycles. The summed E-state index contributed by atoms with van der Waals surface area (Å²) in [5.74, 6) is 0. The monoisotopic (exact) mass is 302 g/mol. The van der Waals surface area contributed by atoms with Crippen LogP contribution in [0.3, 0.4) is 0 Å². The van der Waals surface area contributed by atoms with E-state index in [0.29, 0.717) is 0 Å². The zero-order valence-corrected chi connectivity index (χ0v) is 12.7. The van der Waals surface area contributed by atoms with Gasteiger partial charge in [0.05, 0.1) is 6.61 Å². The number of ether oxygens (including phenoxy) is 1. The summed E-state index contributed by atoms with van der Waals surface area (Å²) >= 11 is 0. The first kappa shape index (κ1) is 14.2. The van der Waals surface area contributed by atoms with Crippen LogP contribution in [0.1, 0.15) is 16.7 Å². The van der Waals surface area contributed by atoms with Gasteiger partial charge in [-0.2, -0.15) is 0 Å². The normalized spacial score (nSPS) is 21.8. The Morgan fingerprint density at radius 1 is 0.609 bits per heavy atom. The number of aliphatic hydroxyl groups is 1. The summed E-state index contributed by atoms with van der Waals surface area (Å²) in [6.07, 6.45) is 0. The van der Waals surface area contributed by atoms with Crippen LogP contribution in [-0.4, -0.2) is 11.7 Å². The number of aliphatic hydroxyl groups excluding tert-OH is 1. The van der Waals surface area contributed by atoms with Crippen LogP contribution in [0, 0.1) is 0 Å². The molecule has 0 aromatic heterocycles. The average molecular weight is 302 g/mol. The molecule has 1 unspecified atom stereocenters. The van der Waals surface area contributed by atoms with Gasteiger partial charge >= 0.3 is 0 Å². The third-order valence-electron chi connectivity index (χ3n) is 4.68. The van der Waals surface area contributed by atoms with Crippen LogP contribution in [0.2, 0.25) is 0 Å². The Labute approximate surface area is 136 Å². The predicted octanol–water partition coefficient (Wildman–Crippen LogP) is 3.85. The highest BCUT2D eigenvalue weighted by molar-refractivity contribution is 5.51. The van der Waals surface area contributed by atoms with Crippen LogP contribution in [0.15, 0.2) is 91.0 Å². The fourth-order valence-corrected chi connectivity index (χ4v) is 3.54. The molecule has 1 atom stereocenters. The molecule has 3 aromatic carbocycles. The van der Waals surface area contributed by atoms with Crippen LogP contribution in [0.25, 0.3) is 0 Å². The van der Waals surface area contributed by atoms with Gasteiger partial charge in [-0.25, -0.2) is 0 Å². The van der Waals surface area contributed by atoms with E-state index >= 15 is 0 Å². The quantitative estimate of drug-likeness (QED) is 0.743. The van der Waals surface area contributed by atoms with E-state index < -0.39 is 11.2 Å². The molecule has 1 N–H and O–H groups in total. The smallest absolute Gasteiger partial charge is 0.155 e. The van der Waals surface area contributed by atoms with E-state index in [9.17, 15) is 5.11 Å². The lowest BCUT2D eigenvalue weighted by molar-refractivity contribution is 0.171. The van der Waals surface area contributed by atoms with E-state index in [0.717, 1.165) is 16.7 Å². The minimum atomic E-state index is -0.739. The van der Waals surface area contributed by atoms with E-state index in [1.54, 1.807) is 0 Å². The second-order valence-corrected chi connectivity index (χ2v) is 5.87. The van der Waals surface area contributed by atoms with Gasteiger partial charge in [0.15, 0.2) is 11.2 Å². The Morgan fingerprint density at radius 3 is 1.39 bits per heavy atom. The number of epoxide rings is 1. The maximum Gasteiger partial charge on any atom is 0.155 e. The summed E-state index contributed by atoms with van der Waals surface area (Å²) < 4.78 is 6.35. The molecule has 0 amide bonds. The molecule has 23 heavy (non-hydrogen) atoms. The van der Waals surface area contributed by atoms with Gasteiger partial charge in [0.25, 0.3) is 0 Å². The molecule has 1 aliphatic heterocycles. The van der Waals surface area contributed by atoms with Crippen LogP contribution in [0.4, 0.5) is 0 Å². The third-order valence-corrected chi connectivity index (χ3v) is 4.68. The average Bonchev–Trinajstić information content (AvgIpc) is 3.36. The molecule has 1 fully saturated rings. The molecule has 114 valence electrons. The van der Waals surface area contributed by atoms with E-state index in [4.69, 9.17) is 4.74 Å². The molecule has 0 radical (unpaired) electrons. The van der Waals surface area contributed by atoms with Crippen LogP contribution < -0.4 is 0 Å². The second kappa shape index (κ2) is 5.34. The van der Waals surface area contributed by atoms with Gasteiger partial charge in [-0.05, 0) is 16.7 Å². The lowest BCUT2D eigenvalue weighted by Gasteiger charge is -2.20. The third kappa shape index (κ3) is 1.96. The maximum absolute atomic E-state index is 10.2. The Bertz CT molecular complexity index is 744. The number of benzene rings is 3. The first-order valence-electron chi connectivity index (χ1n) is 7.81. The minimum Gasteiger partial charge on any atom is -0.393 e. The Morgan fingerprint density at radius 2 is 1.00 bits per heavy atom. The van der Waals surface area contributed by atoms with Crippen molar-refractivity contribution in [2.75, 3.05) is 6.61 Å². The molecule has 1 aliphatic rings. The van der Waals surface area contributed by atoms with Crippen molar-refractivity contribution in [1.82, 2.24) is 0 Å². The van der Waals surface area contributed by atoms with Crippen molar-refractivity contribution < 1.29 is 9.84 Å². The zero-order valence-electron chi connectivity index (χ0n) is 12.7. The molecule has 4 rings (SSSR count). The van der Waals surface area contributed by atoms with Gasteiger partial charge in [-0.3, -0.25) is 0 Å². The highest BCUT2D eigenvalue weighted by Crippen LogP contribution is 2.65. The van der Waals surface area contributed by atoms with E-state index in [1.807, 2.05) is 66.7 Å². The summed E-state index contributed by atoms with van der Waals surface area (Å²) in [4.78, 5) is 0. The molecule has 0 spiro atoms. The van der Waals surface area contributed by atoms with Crippen molar-refractivity contribution in [2.45, 2.75) is 11.2 Å². The largest absolute Gasteiger partial charge is 0.393 e. The van der Waals surface area contributed by atoms with Crippen molar-refractivity contribution in [3.63, 3.8) is 0 Å². The molecule has 0 bridgehead atoms. The summed E-state index contributed by atoms with van der Waals surface area (Å²) in [7, 11) is 0. The SMILES string of the molecule is OCC1(c2ccccc2)OC1(c1ccccc1)c1ccccc1. The van der Waals surface area contributed by atoms with Gasteiger partial charge in [0, 0.05) is 0 Å². The Kier molecular flexibility index (Phi) is 3.29. The molecule has 1 saturated heterocycles. The van der Waals surface area contributed by atoms with E-state index in [-0.39, 0.29) is 6.61 Å². The van der Waals surface area contributed by atoms with Gasteiger partial charge in [0.1, 0.15) is 0 Å². The lowest BCUT2D eigenvalue weighted by Crippen LogP contribution is -2.27. The van der Waals surface area contributed by atoms with Crippen molar-refractivity contribution >= 4 is 0 Å².